The maximum absolute atomic E-state index is 12.9. The Balaban J connectivity index is 2.30. The number of nitrogens with two attached hydrogens (primary N) is 1. The quantitative estimate of drug-likeness (QED) is 0.943. The zero-order chi connectivity index (χ0) is 13.1. The minimum atomic E-state index is -0.248. The van der Waals surface area contributed by atoms with Gasteiger partial charge in [-0.25, -0.2) is 9.07 Å². The van der Waals surface area contributed by atoms with E-state index in [1.165, 1.54) is 12.1 Å². The Morgan fingerprint density at radius 1 is 1.39 bits per heavy atom. The molecule has 0 aliphatic heterocycles. The summed E-state index contributed by atoms with van der Waals surface area (Å²) >= 11 is 3.48. The minimum absolute atomic E-state index is 0.147. The molecule has 1 unspecified atom stereocenters. The van der Waals surface area contributed by atoms with Gasteiger partial charge in [-0.2, -0.15) is 5.10 Å². The van der Waals surface area contributed by atoms with Crippen LogP contribution in [-0.2, 0) is 6.42 Å². The van der Waals surface area contributed by atoms with Crippen molar-refractivity contribution in [1.29, 1.82) is 0 Å². The summed E-state index contributed by atoms with van der Waals surface area (Å²) < 4.78 is 15.7. The largest absolute Gasteiger partial charge is 0.328 e. The Morgan fingerprint density at radius 3 is 2.67 bits per heavy atom. The molecule has 96 valence electrons. The molecule has 3 nitrogen and oxygen atoms in total. The molecule has 0 aliphatic carbocycles. The van der Waals surface area contributed by atoms with Crippen molar-refractivity contribution in [2.45, 2.75) is 25.8 Å². The van der Waals surface area contributed by atoms with Crippen LogP contribution in [-0.4, -0.2) is 15.8 Å². The molecule has 1 heterocycles. The van der Waals surface area contributed by atoms with Crippen LogP contribution >= 0.6 is 15.9 Å². The molecule has 0 fully saturated rings. The fourth-order valence-electron chi connectivity index (χ4n) is 1.75. The third kappa shape index (κ3) is 2.97. The standard InChI is InChI=1S/C13H15BrFN3/c1-9(16)2-7-13-12(14)8-17-18(13)11-5-3-10(15)4-6-11/h3-6,8-9H,2,7,16H2,1H3. The van der Waals surface area contributed by atoms with Gasteiger partial charge in [-0.05, 0) is 60.0 Å². The Labute approximate surface area is 114 Å². The molecule has 2 N–H and O–H groups in total. The van der Waals surface area contributed by atoms with E-state index < -0.39 is 0 Å². The molecule has 0 aliphatic rings. The van der Waals surface area contributed by atoms with Crippen LogP contribution in [0.15, 0.2) is 34.9 Å². The van der Waals surface area contributed by atoms with Crippen LogP contribution in [0, 0.1) is 5.82 Å². The van der Waals surface area contributed by atoms with E-state index in [1.807, 2.05) is 11.6 Å². The van der Waals surface area contributed by atoms with Crippen molar-refractivity contribution < 1.29 is 4.39 Å². The highest BCUT2D eigenvalue weighted by atomic mass is 79.9. The van der Waals surface area contributed by atoms with Crippen molar-refractivity contribution in [3.8, 4) is 5.69 Å². The van der Waals surface area contributed by atoms with Gasteiger partial charge in [0.15, 0.2) is 0 Å². The average molecular weight is 312 g/mol. The number of halogens is 2. The summed E-state index contributed by atoms with van der Waals surface area (Å²) in [4.78, 5) is 0. The van der Waals surface area contributed by atoms with Gasteiger partial charge >= 0.3 is 0 Å². The molecular weight excluding hydrogens is 297 g/mol. The van der Waals surface area contributed by atoms with E-state index in [-0.39, 0.29) is 11.9 Å². The summed E-state index contributed by atoms with van der Waals surface area (Å²) in [5.41, 5.74) is 7.68. The molecule has 0 spiro atoms. The first-order valence-corrected chi connectivity index (χ1v) is 6.61. The van der Waals surface area contributed by atoms with Crippen LogP contribution < -0.4 is 5.73 Å². The first-order valence-electron chi connectivity index (χ1n) is 5.82. The first kappa shape index (κ1) is 13.2. The molecule has 0 bridgehead atoms. The lowest BCUT2D eigenvalue weighted by atomic mass is 10.1. The SMILES string of the molecule is CC(N)CCc1c(Br)cnn1-c1ccc(F)cc1. The Hall–Kier alpha value is -1.20. The summed E-state index contributed by atoms with van der Waals surface area (Å²) in [6, 6.07) is 6.43. The third-order valence-electron chi connectivity index (χ3n) is 2.73. The first-order chi connectivity index (χ1) is 8.58. The van der Waals surface area contributed by atoms with Gasteiger partial charge < -0.3 is 5.73 Å². The molecule has 0 radical (unpaired) electrons. The monoisotopic (exact) mass is 311 g/mol. The number of aromatic nitrogens is 2. The summed E-state index contributed by atoms with van der Waals surface area (Å²) in [5.74, 6) is -0.248. The van der Waals surface area contributed by atoms with Crippen LogP contribution in [0.2, 0.25) is 0 Å². The van der Waals surface area contributed by atoms with Crippen LogP contribution in [0.4, 0.5) is 4.39 Å². The van der Waals surface area contributed by atoms with Crippen molar-refractivity contribution in [3.63, 3.8) is 0 Å². The van der Waals surface area contributed by atoms with Gasteiger partial charge in [-0.15, -0.1) is 0 Å². The second-order valence-electron chi connectivity index (χ2n) is 4.34. The predicted octanol–water partition coefficient (Wildman–Crippen LogP) is 3.05. The zero-order valence-corrected chi connectivity index (χ0v) is 11.7. The second kappa shape index (κ2) is 5.63. The lowest BCUT2D eigenvalue weighted by Gasteiger charge is -2.09. The van der Waals surface area contributed by atoms with Crippen LogP contribution in [0.3, 0.4) is 0 Å². The Morgan fingerprint density at radius 2 is 2.06 bits per heavy atom. The molecular formula is C13H15BrFN3. The van der Waals surface area contributed by atoms with Gasteiger partial charge in [0, 0.05) is 6.04 Å². The molecule has 0 amide bonds. The molecule has 1 aromatic carbocycles. The highest BCUT2D eigenvalue weighted by molar-refractivity contribution is 9.10. The maximum Gasteiger partial charge on any atom is 0.123 e. The number of hydrogen-bond donors (Lipinski definition) is 1. The van der Waals surface area contributed by atoms with Gasteiger partial charge in [-0.3, -0.25) is 0 Å². The predicted molar refractivity (Wildman–Crippen MR) is 73.2 cm³/mol. The highest BCUT2D eigenvalue weighted by Gasteiger charge is 2.11. The summed E-state index contributed by atoms with van der Waals surface area (Å²) in [7, 11) is 0. The smallest absolute Gasteiger partial charge is 0.123 e. The molecule has 18 heavy (non-hydrogen) atoms. The van der Waals surface area contributed by atoms with E-state index in [1.54, 1.807) is 18.3 Å². The van der Waals surface area contributed by atoms with Gasteiger partial charge in [0.25, 0.3) is 0 Å². The van der Waals surface area contributed by atoms with E-state index in [9.17, 15) is 4.39 Å². The van der Waals surface area contributed by atoms with Crippen LogP contribution in [0.5, 0.6) is 0 Å². The van der Waals surface area contributed by atoms with E-state index >= 15 is 0 Å². The Bertz CT molecular complexity index is 520. The lowest BCUT2D eigenvalue weighted by Crippen LogP contribution is -2.16. The molecule has 2 rings (SSSR count). The number of hydrogen-bond acceptors (Lipinski definition) is 2. The molecule has 1 atom stereocenters. The number of benzene rings is 1. The molecule has 5 heteroatoms. The lowest BCUT2D eigenvalue weighted by molar-refractivity contribution is 0.625. The van der Waals surface area contributed by atoms with Gasteiger partial charge in [-0.1, -0.05) is 0 Å². The van der Waals surface area contributed by atoms with Crippen molar-refractivity contribution in [1.82, 2.24) is 9.78 Å². The fraction of sp³-hybridized carbons (Fsp3) is 0.308. The van der Waals surface area contributed by atoms with E-state index in [2.05, 4.69) is 21.0 Å². The maximum atomic E-state index is 12.9. The van der Waals surface area contributed by atoms with Crippen molar-refractivity contribution >= 4 is 15.9 Å². The molecule has 0 saturated carbocycles. The average Bonchev–Trinajstić information content (AvgIpc) is 2.69. The zero-order valence-electron chi connectivity index (χ0n) is 10.1. The van der Waals surface area contributed by atoms with Crippen LogP contribution in [0.25, 0.3) is 5.69 Å². The highest BCUT2D eigenvalue weighted by Crippen LogP contribution is 2.21. The fourth-order valence-corrected chi connectivity index (χ4v) is 2.21. The normalized spacial score (nSPS) is 12.7. The van der Waals surface area contributed by atoms with Crippen molar-refractivity contribution in [3.05, 3.63) is 46.4 Å². The summed E-state index contributed by atoms with van der Waals surface area (Å²) in [5, 5.41) is 4.30. The Kier molecular flexibility index (Phi) is 4.14. The van der Waals surface area contributed by atoms with Crippen molar-refractivity contribution in [2.75, 3.05) is 0 Å². The van der Waals surface area contributed by atoms with Gasteiger partial charge in [0.1, 0.15) is 5.82 Å². The molecule has 2 aromatic rings. The second-order valence-corrected chi connectivity index (χ2v) is 5.20. The van der Waals surface area contributed by atoms with E-state index in [0.717, 1.165) is 28.7 Å². The van der Waals surface area contributed by atoms with E-state index in [0.29, 0.717) is 0 Å². The third-order valence-corrected chi connectivity index (χ3v) is 3.39. The minimum Gasteiger partial charge on any atom is -0.328 e. The molecule has 1 aromatic heterocycles. The summed E-state index contributed by atoms with van der Waals surface area (Å²) in [6.45, 7) is 1.98. The molecule has 0 saturated heterocycles. The topological polar surface area (TPSA) is 43.8 Å². The number of rotatable bonds is 4. The van der Waals surface area contributed by atoms with E-state index in [4.69, 9.17) is 5.73 Å². The number of nitrogens with zero attached hydrogens (tertiary/aromatic N) is 2. The van der Waals surface area contributed by atoms with Gasteiger partial charge in [0.05, 0.1) is 22.1 Å². The van der Waals surface area contributed by atoms with Gasteiger partial charge in [0.2, 0.25) is 0 Å². The van der Waals surface area contributed by atoms with Crippen molar-refractivity contribution in [2.24, 2.45) is 5.73 Å². The van der Waals surface area contributed by atoms with Crippen LogP contribution in [0.1, 0.15) is 19.0 Å². The summed E-state index contributed by atoms with van der Waals surface area (Å²) in [6.07, 6.45) is 3.46.